The van der Waals surface area contributed by atoms with E-state index in [0.717, 1.165) is 22.4 Å². The fraction of sp³-hybridized carbons (Fsp3) is 0.357. The molecule has 0 unspecified atom stereocenters. The molecule has 4 nitrogen and oxygen atoms in total. The number of rotatable bonds is 4. The number of anilines is 2. The van der Waals surface area contributed by atoms with Gasteiger partial charge in [0.05, 0.1) is 17.1 Å². The molecule has 19 heavy (non-hydrogen) atoms. The van der Waals surface area contributed by atoms with Gasteiger partial charge in [0.25, 0.3) is 0 Å². The Labute approximate surface area is 122 Å². The van der Waals surface area contributed by atoms with Gasteiger partial charge < -0.3 is 10.2 Å². The largest absolute Gasteiger partial charge is 0.379 e. The Morgan fingerprint density at radius 2 is 2.11 bits per heavy atom. The average molecular weight is 323 g/mol. The minimum atomic E-state index is 0.775. The molecule has 5 heteroatoms. The van der Waals surface area contributed by atoms with Gasteiger partial charge in [0.15, 0.2) is 0 Å². The summed E-state index contributed by atoms with van der Waals surface area (Å²) in [5.41, 5.74) is 4.57. The molecule has 0 aliphatic heterocycles. The lowest BCUT2D eigenvalue weighted by Crippen LogP contribution is -2.12. The number of hydrogen-bond donors (Lipinski definition) is 1. The predicted octanol–water partition coefficient (Wildman–Crippen LogP) is 3.17. The standard InChI is InChI=1S/C14H19BrN4/c1-10-11(9-19(4)17-10)8-16-13-7-12(15)5-6-14(13)18(2)3/h5-7,9,16H,8H2,1-4H3. The van der Waals surface area contributed by atoms with Gasteiger partial charge in [0.2, 0.25) is 0 Å². The number of aromatic nitrogens is 2. The first-order valence-electron chi connectivity index (χ1n) is 6.17. The Kier molecular flexibility index (Phi) is 4.14. The van der Waals surface area contributed by atoms with E-state index in [1.54, 1.807) is 0 Å². The molecule has 0 saturated heterocycles. The lowest BCUT2D eigenvalue weighted by Gasteiger charge is -2.18. The molecule has 2 rings (SSSR count). The maximum atomic E-state index is 4.36. The molecule has 0 saturated carbocycles. The van der Waals surface area contributed by atoms with Crippen molar-refractivity contribution in [1.29, 1.82) is 0 Å². The van der Waals surface area contributed by atoms with Crippen LogP contribution in [0.3, 0.4) is 0 Å². The summed E-state index contributed by atoms with van der Waals surface area (Å²) in [6.07, 6.45) is 2.05. The van der Waals surface area contributed by atoms with Crippen LogP contribution in [-0.4, -0.2) is 23.9 Å². The molecule has 0 radical (unpaired) electrons. The average Bonchev–Trinajstić information content (AvgIpc) is 2.65. The molecule has 0 amide bonds. The Balaban J connectivity index is 2.19. The minimum Gasteiger partial charge on any atom is -0.379 e. The van der Waals surface area contributed by atoms with E-state index in [0.29, 0.717) is 0 Å². The SMILES string of the molecule is Cc1nn(C)cc1CNc1cc(Br)ccc1N(C)C. The molecule has 0 aliphatic rings. The van der Waals surface area contributed by atoms with Crippen molar-refractivity contribution in [3.8, 4) is 0 Å². The maximum Gasteiger partial charge on any atom is 0.0643 e. The van der Waals surface area contributed by atoms with Gasteiger partial charge in [-0.1, -0.05) is 15.9 Å². The molecule has 0 bridgehead atoms. The zero-order valence-electron chi connectivity index (χ0n) is 11.7. The van der Waals surface area contributed by atoms with Crippen LogP contribution in [0.15, 0.2) is 28.9 Å². The highest BCUT2D eigenvalue weighted by atomic mass is 79.9. The van der Waals surface area contributed by atoms with Gasteiger partial charge in [0, 0.05) is 43.9 Å². The van der Waals surface area contributed by atoms with Crippen molar-refractivity contribution < 1.29 is 0 Å². The number of aryl methyl sites for hydroxylation is 2. The van der Waals surface area contributed by atoms with E-state index < -0.39 is 0 Å². The summed E-state index contributed by atoms with van der Waals surface area (Å²) in [6, 6.07) is 6.25. The number of nitrogens with zero attached hydrogens (tertiary/aromatic N) is 3. The first kappa shape index (κ1) is 13.9. The first-order chi connectivity index (χ1) is 8.97. The van der Waals surface area contributed by atoms with Crippen LogP contribution in [0.25, 0.3) is 0 Å². The molecule has 0 atom stereocenters. The van der Waals surface area contributed by atoms with E-state index in [1.807, 2.05) is 32.7 Å². The van der Waals surface area contributed by atoms with Crippen molar-refractivity contribution in [1.82, 2.24) is 9.78 Å². The Morgan fingerprint density at radius 1 is 1.37 bits per heavy atom. The van der Waals surface area contributed by atoms with Crippen molar-refractivity contribution in [2.75, 3.05) is 24.3 Å². The summed E-state index contributed by atoms with van der Waals surface area (Å²) in [5, 5.41) is 7.84. The lowest BCUT2D eigenvalue weighted by molar-refractivity contribution is 0.756. The van der Waals surface area contributed by atoms with Crippen LogP contribution in [0.5, 0.6) is 0 Å². The molecule has 0 fully saturated rings. The summed E-state index contributed by atoms with van der Waals surface area (Å²) in [6.45, 7) is 2.81. The normalized spacial score (nSPS) is 10.6. The van der Waals surface area contributed by atoms with Crippen LogP contribution in [-0.2, 0) is 13.6 Å². The van der Waals surface area contributed by atoms with Crippen LogP contribution < -0.4 is 10.2 Å². The zero-order chi connectivity index (χ0) is 14.0. The molecule has 1 heterocycles. The van der Waals surface area contributed by atoms with Crippen LogP contribution in [0, 0.1) is 6.92 Å². The zero-order valence-corrected chi connectivity index (χ0v) is 13.3. The van der Waals surface area contributed by atoms with Crippen LogP contribution in [0.2, 0.25) is 0 Å². The van der Waals surface area contributed by atoms with Gasteiger partial charge in [-0.15, -0.1) is 0 Å². The molecule has 1 N–H and O–H groups in total. The van der Waals surface area contributed by atoms with E-state index in [9.17, 15) is 0 Å². The first-order valence-corrected chi connectivity index (χ1v) is 6.96. The Bertz CT molecular complexity index is 575. The Morgan fingerprint density at radius 3 is 2.68 bits per heavy atom. The fourth-order valence-electron chi connectivity index (χ4n) is 2.05. The fourth-order valence-corrected chi connectivity index (χ4v) is 2.41. The van der Waals surface area contributed by atoms with Gasteiger partial charge in [0.1, 0.15) is 0 Å². The summed E-state index contributed by atoms with van der Waals surface area (Å²) in [4.78, 5) is 2.10. The third-order valence-electron chi connectivity index (χ3n) is 3.02. The van der Waals surface area contributed by atoms with Gasteiger partial charge in [-0.05, 0) is 25.1 Å². The van der Waals surface area contributed by atoms with E-state index in [1.165, 1.54) is 11.3 Å². The molecule has 0 spiro atoms. The third kappa shape index (κ3) is 3.29. The lowest BCUT2D eigenvalue weighted by atomic mass is 10.2. The highest BCUT2D eigenvalue weighted by molar-refractivity contribution is 9.10. The molecular weight excluding hydrogens is 304 g/mol. The van der Waals surface area contributed by atoms with Crippen LogP contribution >= 0.6 is 15.9 Å². The smallest absolute Gasteiger partial charge is 0.0643 e. The highest BCUT2D eigenvalue weighted by Gasteiger charge is 2.07. The van der Waals surface area contributed by atoms with Crippen molar-refractivity contribution in [2.24, 2.45) is 7.05 Å². The van der Waals surface area contributed by atoms with Gasteiger partial charge in [-0.25, -0.2) is 0 Å². The van der Waals surface area contributed by atoms with Gasteiger partial charge in [-0.2, -0.15) is 5.10 Å². The quantitative estimate of drug-likeness (QED) is 0.938. The van der Waals surface area contributed by atoms with Gasteiger partial charge >= 0.3 is 0 Å². The van der Waals surface area contributed by atoms with Crippen LogP contribution in [0.1, 0.15) is 11.3 Å². The van der Waals surface area contributed by atoms with Crippen molar-refractivity contribution in [2.45, 2.75) is 13.5 Å². The second-order valence-corrected chi connectivity index (χ2v) is 5.74. The second-order valence-electron chi connectivity index (χ2n) is 4.82. The predicted molar refractivity (Wildman–Crippen MR) is 83.7 cm³/mol. The van der Waals surface area contributed by atoms with Crippen LogP contribution in [0.4, 0.5) is 11.4 Å². The molecule has 102 valence electrons. The monoisotopic (exact) mass is 322 g/mol. The number of halogens is 1. The minimum absolute atomic E-state index is 0.775. The summed E-state index contributed by atoms with van der Waals surface area (Å²) in [5.74, 6) is 0. The number of nitrogens with one attached hydrogen (secondary N) is 1. The number of benzene rings is 1. The summed E-state index contributed by atoms with van der Waals surface area (Å²) >= 11 is 3.52. The van der Waals surface area contributed by atoms with Gasteiger partial charge in [-0.3, -0.25) is 4.68 Å². The molecular formula is C14H19BrN4. The maximum absolute atomic E-state index is 4.36. The van der Waals surface area contributed by atoms with E-state index in [4.69, 9.17) is 0 Å². The van der Waals surface area contributed by atoms with Crippen molar-refractivity contribution in [3.63, 3.8) is 0 Å². The number of hydrogen-bond acceptors (Lipinski definition) is 3. The molecule has 0 aliphatic carbocycles. The van der Waals surface area contributed by atoms with E-state index in [2.05, 4.69) is 55.6 Å². The second kappa shape index (κ2) is 5.65. The van der Waals surface area contributed by atoms with Crippen molar-refractivity contribution in [3.05, 3.63) is 40.1 Å². The summed E-state index contributed by atoms with van der Waals surface area (Å²) < 4.78 is 2.92. The Hall–Kier alpha value is -1.49. The third-order valence-corrected chi connectivity index (χ3v) is 3.52. The van der Waals surface area contributed by atoms with E-state index >= 15 is 0 Å². The molecule has 1 aromatic carbocycles. The topological polar surface area (TPSA) is 33.1 Å². The molecule has 2 aromatic rings. The highest BCUT2D eigenvalue weighted by Crippen LogP contribution is 2.28. The molecule has 1 aromatic heterocycles. The van der Waals surface area contributed by atoms with E-state index in [-0.39, 0.29) is 0 Å². The summed E-state index contributed by atoms with van der Waals surface area (Å²) in [7, 11) is 6.04. The van der Waals surface area contributed by atoms with Crippen molar-refractivity contribution >= 4 is 27.3 Å².